The van der Waals surface area contributed by atoms with Crippen LogP contribution in [0.25, 0.3) is 0 Å². The first kappa shape index (κ1) is 14.7. The number of aryl methyl sites for hydroxylation is 2. The van der Waals surface area contributed by atoms with Crippen molar-refractivity contribution >= 4 is 21.4 Å². The van der Waals surface area contributed by atoms with Crippen LogP contribution in [0, 0.1) is 11.3 Å². The summed E-state index contributed by atoms with van der Waals surface area (Å²) < 4.78 is 28.6. The molecule has 2 aromatic heterocycles. The van der Waals surface area contributed by atoms with E-state index in [1.54, 1.807) is 17.9 Å². The number of hydrogen-bond donors (Lipinski definition) is 1. The maximum absolute atomic E-state index is 12.1. The lowest BCUT2D eigenvalue weighted by atomic mass is 10.2. The van der Waals surface area contributed by atoms with Crippen molar-refractivity contribution in [2.75, 3.05) is 0 Å². The molecule has 8 heteroatoms. The summed E-state index contributed by atoms with van der Waals surface area (Å²) in [7, 11) is -1.78. The second kappa shape index (κ2) is 5.75. The predicted molar refractivity (Wildman–Crippen MR) is 75.6 cm³/mol. The van der Waals surface area contributed by atoms with E-state index >= 15 is 0 Å². The maximum Gasteiger partial charge on any atom is 0.250 e. The Morgan fingerprint density at radius 1 is 1.50 bits per heavy atom. The summed E-state index contributed by atoms with van der Waals surface area (Å²) in [5.74, 6) is 0. The first-order chi connectivity index (χ1) is 9.46. The van der Waals surface area contributed by atoms with Gasteiger partial charge in [0.25, 0.3) is 0 Å². The minimum atomic E-state index is -3.58. The fourth-order valence-corrected chi connectivity index (χ4v) is 3.95. The molecular weight excluding hydrogens is 296 g/mol. The van der Waals surface area contributed by atoms with Gasteiger partial charge in [-0.2, -0.15) is 10.4 Å². The Kier molecular flexibility index (Phi) is 4.23. The van der Waals surface area contributed by atoms with Gasteiger partial charge in [-0.15, -0.1) is 11.3 Å². The van der Waals surface area contributed by atoms with E-state index in [2.05, 4.69) is 9.82 Å². The normalized spacial score (nSPS) is 11.4. The summed E-state index contributed by atoms with van der Waals surface area (Å²) in [5, 5.41) is 13.0. The largest absolute Gasteiger partial charge is 0.275 e. The quantitative estimate of drug-likeness (QED) is 0.904. The molecular formula is C12H14N4O2S2. The highest BCUT2D eigenvalue weighted by Gasteiger charge is 2.17. The molecule has 0 saturated carbocycles. The van der Waals surface area contributed by atoms with Crippen LogP contribution in [0.5, 0.6) is 0 Å². The first-order valence-corrected chi connectivity index (χ1v) is 8.27. The Morgan fingerprint density at radius 2 is 2.25 bits per heavy atom. The zero-order valence-electron chi connectivity index (χ0n) is 11.1. The molecule has 2 heterocycles. The van der Waals surface area contributed by atoms with E-state index in [4.69, 9.17) is 5.26 Å². The number of hydrogen-bond acceptors (Lipinski definition) is 5. The number of rotatable bonds is 5. The van der Waals surface area contributed by atoms with E-state index in [1.165, 1.54) is 12.1 Å². The molecule has 1 N–H and O–H groups in total. The van der Waals surface area contributed by atoms with Gasteiger partial charge in [-0.1, -0.05) is 6.92 Å². The van der Waals surface area contributed by atoms with Gasteiger partial charge in [0.15, 0.2) is 0 Å². The molecule has 20 heavy (non-hydrogen) atoms. The summed E-state index contributed by atoms with van der Waals surface area (Å²) >= 11 is 0.958. The lowest BCUT2D eigenvalue weighted by Crippen LogP contribution is -2.22. The third-order valence-corrected chi connectivity index (χ3v) is 5.62. The molecule has 0 bridgehead atoms. The van der Waals surface area contributed by atoms with Crippen molar-refractivity contribution in [3.63, 3.8) is 0 Å². The molecule has 0 radical (unpaired) electrons. The molecule has 0 aliphatic rings. The zero-order valence-corrected chi connectivity index (χ0v) is 12.8. The van der Waals surface area contributed by atoms with Crippen LogP contribution in [0.15, 0.2) is 22.5 Å². The Labute approximate surface area is 121 Å². The van der Waals surface area contributed by atoms with Crippen LogP contribution in [-0.2, 0) is 30.0 Å². The lowest BCUT2D eigenvalue weighted by molar-refractivity contribution is 0.583. The van der Waals surface area contributed by atoms with Crippen molar-refractivity contribution in [1.29, 1.82) is 5.26 Å². The van der Waals surface area contributed by atoms with E-state index in [1.807, 2.05) is 13.0 Å². The van der Waals surface area contributed by atoms with Crippen molar-refractivity contribution in [2.24, 2.45) is 7.05 Å². The fourth-order valence-electron chi connectivity index (χ4n) is 1.80. The number of thiophene rings is 1. The minimum Gasteiger partial charge on any atom is -0.275 e. The molecule has 2 aromatic rings. The van der Waals surface area contributed by atoms with Gasteiger partial charge < -0.3 is 0 Å². The average molecular weight is 310 g/mol. The van der Waals surface area contributed by atoms with E-state index in [0.29, 0.717) is 4.88 Å². The molecule has 0 saturated heterocycles. The van der Waals surface area contributed by atoms with Crippen molar-refractivity contribution in [1.82, 2.24) is 14.5 Å². The Morgan fingerprint density at radius 3 is 2.85 bits per heavy atom. The summed E-state index contributed by atoms with van der Waals surface area (Å²) in [5.41, 5.74) is 1.73. The molecule has 0 atom stereocenters. The van der Waals surface area contributed by atoms with Crippen LogP contribution in [0.4, 0.5) is 0 Å². The van der Waals surface area contributed by atoms with Gasteiger partial charge in [0.2, 0.25) is 10.0 Å². The van der Waals surface area contributed by atoms with Crippen molar-refractivity contribution < 1.29 is 8.42 Å². The van der Waals surface area contributed by atoms with Gasteiger partial charge in [0, 0.05) is 25.4 Å². The van der Waals surface area contributed by atoms with Crippen LogP contribution < -0.4 is 4.72 Å². The summed E-state index contributed by atoms with van der Waals surface area (Å²) in [6.45, 7) is 2.16. The highest BCUT2D eigenvalue weighted by molar-refractivity contribution is 7.91. The van der Waals surface area contributed by atoms with Gasteiger partial charge in [0.1, 0.15) is 15.2 Å². The molecule has 6 nitrogen and oxygen atoms in total. The smallest absolute Gasteiger partial charge is 0.250 e. The molecule has 0 aliphatic carbocycles. The first-order valence-electron chi connectivity index (χ1n) is 5.97. The molecule has 0 fully saturated rings. The van der Waals surface area contributed by atoms with Crippen LogP contribution in [-0.4, -0.2) is 18.2 Å². The summed E-state index contributed by atoms with van der Waals surface area (Å²) in [6, 6.07) is 4.87. The van der Waals surface area contributed by atoms with E-state index in [-0.39, 0.29) is 10.8 Å². The van der Waals surface area contributed by atoms with Gasteiger partial charge in [-0.25, -0.2) is 13.1 Å². The average Bonchev–Trinajstić information content (AvgIpc) is 3.02. The number of aromatic nitrogens is 2. The topological polar surface area (TPSA) is 87.8 Å². The third kappa shape index (κ3) is 3.07. The molecule has 2 rings (SSSR count). The Bertz CT molecular complexity index is 753. The molecule has 0 spiro atoms. The standard InChI is InChI=1S/C12H14N4O2S2/c1-3-11-9(8-16(2)15-11)7-14-20(17,18)12-5-4-10(6-13)19-12/h4-5,8,14H,3,7H2,1-2H3. The van der Waals surface area contributed by atoms with Gasteiger partial charge in [0.05, 0.1) is 5.69 Å². The van der Waals surface area contributed by atoms with Crippen molar-refractivity contribution in [3.8, 4) is 6.07 Å². The molecule has 0 aromatic carbocycles. The SMILES string of the molecule is CCc1nn(C)cc1CNS(=O)(=O)c1ccc(C#N)s1. The monoisotopic (exact) mass is 310 g/mol. The molecule has 0 unspecified atom stereocenters. The van der Waals surface area contributed by atoms with E-state index in [9.17, 15) is 8.42 Å². The van der Waals surface area contributed by atoms with Gasteiger partial charge >= 0.3 is 0 Å². The third-order valence-electron chi connectivity index (χ3n) is 2.74. The van der Waals surface area contributed by atoms with E-state index < -0.39 is 10.0 Å². The van der Waals surface area contributed by atoms with Crippen LogP contribution in [0.1, 0.15) is 23.1 Å². The second-order valence-electron chi connectivity index (χ2n) is 4.18. The number of nitriles is 1. The minimum absolute atomic E-state index is 0.149. The van der Waals surface area contributed by atoms with Crippen molar-refractivity contribution in [3.05, 3.63) is 34.5 Å². The fraction of sp³-hybridized carbons (Fsp3) is 0.333. The Balaban J connectivity index is 2.15. The summed E-state index contributed by atoms with van der Waals surface area (Å²) in [6.07, 6.45) is 2.55. The summed E-state index contributed by atoms with van der Waals surface area (Å²) in [4.78, 5) is 0.376. The zero-order chi connectivity index (χ0) is 14.8. The Hall–Kier alpha value is -1.69. The van der Waals surface area contributed by atoms with Crippen LogP contribution in [0.3, 0.4) is 0 Å². The molecule has 0 amide bonds. The molecule has 106 valence electrons. The molecule has 0 aliphatic heterocycles. The number of nitrogens with zero attached hydrogens (tertiary/aromatic N) is 3. The lowest BCUT2D eigenvalue weighted by Gasteiger charge is -2.04. The highest BCUT2D eigenvalue weighted by Crippen LogP contribution is 2.21. The van der Waals surface area contributed by atoms with Crippen LogP contribution >= 0.6 is 11.3 Å². The number of sulfonamides is 1. The maximum atomic E-state index is 12.1. The second-order valence-corrected chi connectivity index (χ2v) is 7.26. The highest BCUT2D eigenvalue weighted by atomic mass is 32.2. The van der Waals surface area contributed by atoms with Crippen LogP contribution in [0.2, 0.25) is 0 Å². The van der Waals surface area contributed by atoms with Gasteiger partial charge in [-0.05, 0) is 18.6 Å². The van der Waals surface area contributed by atoms with E-state index in [0.717, 1.165) is 29.0 Å². The van der Waals surface area contributed by atoms with Crippen molar-refractivity contribution in [2.45, 2.75) is 24.1 Å². The number of nitrogens with one attached hydrogen (secondary N) is 1. The van der Waals surface area contributed by atoms with Gasteiger partial charge in [-0.3, -0.25) is 4.68 Å². The predicted octanol–water partition coefficient (Wildman–Crippen LogP) is 1.39.